The van der Waals surface area contributed by atoms with Crippen LogP contribution < -0.4 is 15.5 Å². The molecule has 2 heterocycles. The van der Waals surface area contributed by atoms with E-state index in [-0.39, 0.29) is 18.4 Å². The van der Waals surface area contributed by atoms with E-state index in [0.29, 0.717) is 6.54 Å². The number of hydrogen-bond acceptors (Lipinski definition) is 5. The molecule has 182 valence electrons. The highest BCUT2D eigenvalue weighted by molar-refractivity contribution is 6.35. The number of allylic oxidation sites excluding steroid dienone is 1. The maximum absolute atomic E-state index is 13.2. The van der Waals surface area contributed by atoms with E-state index in [0.717, 1.165) is 56.9 Å². The molecule has 1 aromatic carbocycles. The number of anilines is 1. The van der Waals surface area contributed by atoms with Crippen molar-refractivity contribution in [1.29, 1.82) is 0 Å². The third kappa shape index (κ3) is 6.47. The van der Waals surface area contributed by atoms with Crippen molar-refractivity contribution in [2.75, 3.05) is 44.2 Å². The van der Waals surface area contributed by atoms with Crippen LogP contribution in [0, 0.1) is 5.82 Å². The summed E-state index contributed by atoms with van der Waals surface area (Å²) in [6.45, 7) is 3.80. The minimum absolute atomic E-state index is 0.172. The van der Waals surface area contributed by atoms with Crippen LogP contribution >= 0.6 is 0 Å². The summed E-state index contributed by atoms with van der Waals surface area (Å²) in [5.74, 6) is -0.721. The molecule has 0 saturated carbocycles. The molecule has 1 saturated heterocycles. The zero-order valence-corrected chi connectivity index (χ0v) is 19.5. The molecule has 0 unspecified atom stereocenters. The number of furan rings is 1. The van der Waals surface area contributed by atoms with Crippen LogP contribution in [-0.4, -0.2) is 56.0 Å². The van der Waals surface area contributed by atoms with E-state index in [4.69, 9.17) is 4.42 Å². The van der Waals surface area contributed by atoms with Gasteiger partial charge in [0.05, 0.1) is 12.3 Å². The Bertz CT molecular complexity index is 966. The molecule has 2 aromatic rings. The molecule has 0 spiro atoms. The maximum atomic E-state index is 13.2. The van der Waals surface area contributed by atoms with Gasteiger partial charge < -0.3 is 20.0 Å². The van der Waals surface area contributed by atoms with Crippen molar-refractivity contribution >= 4 is 17.5 Å². The Hall–Kier alpha value is -3.13. The quantitative estimate of drug-likeness (QED) is 0.459. The summed E-state index contributed by atoms with van der Waals surface area (Å²) in [6.07, 6.45) is 9.29. The summed E-state index contributed by atoms with van der Waals surface area (Å²) < 4.78 is 18.9. The van der Waals surface area contributed by atoms with Crippen LogP contribution in [0.5, 0.6) is 0 Å². The van der Waals surface area contributed by atoms with Gasteiger partial charge in [0.15, 0.2) is 0 Å². The van der Waals surface area contributed by atoms with E-state index >= 15 is 0 Å². The lowest BCUT2D eigenvalue weighted by molar-refractivity contribution is -0.139. The van der Waals surface area contributed by atoms with Gasteiger partial charge in [-0.1, -0.05) is 11.6 Å². The molecule has 7 nitrogen and oxygen atoms in total. The molecule has 34 heavy (non-hydrogen) atoms. The smallest absolute Gasteiger partial charge is 0.309 e. The number of benzene rings is 1. The second-order valence-corrected chi connectivity index (χ2v) is 8.85. The Kier molecular flexibility index (Phi) is 8.36. The molecule has 1 aliphatic heterocycles. The molecule has 2 aliphatic rings. The van der Waals surface area contributed by atoms with Crippen LogP contribution in [0.3, 0.4) is 0 Å². The minimum Gasteiger partial charge on any atom is -0.468 e. The molecule has 1 aliphatic carbocycles. The Balaban J connectivity index is 1.27. The SMILES string of the molecule is O=C(NCCC1=CCCCC1)C(=O)NC[C@@H](c1ccco1)N1CCN(c2ccc(F)cc2)CC1. The van der Waals surface area contributed by atoms with E-state index < -0.39 is 11.8 Å². The molecule has 1 aromatic heterocycles. The molecule has 4 rings (SSSR count). The van der Waals surface area contributed by atoms with E-state index in [2.05, 4.69) is 26.5 Å². The van der Waals surface area contributed by atoms with Gasteiger partial charge in [-0.05, 0) is 68.5 Å². The second-order valence-electron chi connectivity index (χ2n) is 8.85. The topological polar surface area (TPSA) is 77.8 Å². The minimum atomic E-state index is -0.626. The summed E-state index contributed by atoms with van der Waals surface area (Å²) in [5.41, 5.74) is 2.36. The van der Waals surface area contributed by atoms with Crippen LogP contribution in [0.25, 0.3) is 0 Å². The molecular weight excluding hydrogens is 435 g/mol. The highest BCUT2D eigenvalue weighted by Gasteiger charge is 2.28. The van der Waals surface area contributed by atoms with E-state index in [1.807, 2.05) is 12.1 Å². The lowest BCUT2D eigenvalue weighted by atomic mass is 9.97. The molecule has 2 amide bonds. The predicted octanol–water partition coefficient (Wildman–Crippen LogP) is 3.40. The summed E-state index contributed by atoms with van der Waals surface area (Å²) in [7, 11) is 0. The van der Waals surface area contributed by atoms with Gasteiger partial charge in [-0.2, -0.15) is 0 Å². The fourth-order valence-corrected chi connectivity index (χ4v) is 4.65. The number of piperazine rings is 1. The first-order valence-electron chi connectivity index (χ1n) is 12.1. The normalized spacial score (nSPS) is 17.7. The van der Waals surface area contributed by atoms with Crippen LogP contribution in [0.2, 0.25) is 0 Å². The Morgan fingerprint density at radius 2 is 1.76 bits per heavy atom. The van der Waals surface area contributed by atoms with Crippen LogP contribution in [-0.2, 0) is 9.59 Å². The van der Waals surface area contributed by atoms with Crippen molar-refractivity contribution in [3.8, 4) is 0 Å². The molecule has 8 heteroatoms. The standard InChI is InChI=1S/C26H33FN4O3/c27-21-8-10-22(11-9-21)30-14-16-31(17-15-30)23(24-7-4-18-34-24)19-29-26(33)25(32)28-13-12-20-5-2-1-3-6-20/h4-5,7-11,18,23H,1-3,6,12-17,19H2,(H,28,32)(H,29,33)/t23-/m0/s1. The van der Waals surface area contributed by atoms with E-state index in [1.54, 1.807) is 18.4 Å². The molecule has 0 radical (unpaired) electrons. The van der Waals surface area contributed by atoms with Crippen molar-refractivity contribution in [2.24, 2.45) is 0 Å². The third-order valence-corrected chi connectivity index (χ3v) is 6.60. The first kappa shape index (κ1) is 24.0. The van der Waals surface area contributed by atoms with Crippen molar-refractivity contribution < 1.29 is 18.4 Å². The number of amides is 2. The largest absolute Gasteiger partial charge is 0.468 e. The number of halogens is 1. The first-order chi connectivity index (χ1) is 16.6. The molecule has 2 N–H and O–H groups in total. The number of hydrogen-bond donors (Lipinski definition) is 2. The van der Waals surface area contributed by atoms with Gasteiger partial charge in [0.25, 0.3) is 0 Å². The first-order valence-corrected chi connectivity index (χ1v) is 12.1. The fourth-order valence-electron chi connectivity index (χ4n) is 4.65. The monoisotopic (exact) mass is 468 g/mol. The zero-order chi connectivity index (χ0) is 23.8. The molecule has 1 fully saturated rings. The third-order valence-electron chi connectivity index (χ3n) is 6.60. The van der Waals surface area contributed by atoms with E-state index in [9.17, 15) is 14.0 Å². The van der Waals surface area contributed by atoms with Crippen molar-refractivity contribution in [2.45, 2.75) is 38.1 Å². The molecule has 0 bridgehead atoms. The van der Waals surface area contributed by atoms with E-state index in [1.165, 1.54) is 30.5 Å². The molecule has 1 atom stereocenters. The van der Waals surface area contributed by atoms with Crippen molar-refractivity contribution in [1.82, 2.24) is 15.5 Å². The number of carbonyl (C=O) groups excluding carboxylic acids is 2. The average molecular weight is 469 g/mol. The Morgan fingerprint density at radius 3 is 2.44 bits per heavy atom. The Morgan fingerprint density at radius 1 is 1.00 bits per heavy atom. The van der Waals surface area contributed by atoms with Crippen molar-refractivity contribution in [3.63, 3.8) is 0 Å². The second kappa shape index (κ2) is 11.8. The van der Waals surface area contributed by atoms with Crippen molar-refractivity contribution in [3.05, 3.63) is 65.9 Å². The maximum Gasteiger partial charge on any atom is 0.309 e. The summed E-state index contributed by atoms with van der Waals surface area (Å²) in [4.78, 5) is 29.1. The van der Waals surface area contributed by atoms with Gasteiger partial charge in [-0.3, -0.25) is 14.5 Å². The van der Waals surface area contributed by atoms with Crippen LogP contribution in [0.15, 0.2) is 58.7 Å². The van der Waals surface area contributed by atoms with Gasteiger partial charge in [0.2, 0.25) is 0 Å². The van der Waals surface area contributed by atoms with Gasteiger partial charge in [-0.25, -0.2) is 4.39 Å². The van der Waals surface area contributed by atoms with Crippen LogP contribution in [0.4, 0.5) is 10.1 Å². The van der Waals surface area contributed by atoms with Gasteiger partial charge >= 0.3 is 11.8 Å². The predicted molar refractivity (Wildman–Crippen MR) is 129 cm³/mol. The highest BCUT2D eigenvalue weighted by Crippen LogP contribution is 2.24. The Labute approximate surface area is 200 Å². The zero-order valence-electron chi connectivity index (χ0n) is 19.5. The summed E-state index contributed by atoms with van der Waals surface area (Å²) in [5, 5.41) is 5.52. The number of carbonyl (C=O) groups is 2. The van der Waals surface area contributed by atoms with Gasteiger partial charge in [0, 0.05) is 45.0 Å². The summed E-state index contributed by atoms with van der Waals surface area (Å²) >= 11 is 0. The van der Waals surface area contributed by atoms with Gasteiger partial charge in [-0.15, -0.1) is 0 Å². The lowest BCUT2D eigenvalue weighted by Gasteiger charge is -2.39. The number of nitrogens with one attached hydrogen (secondary N) is 2. The number of rotatable bonds is 8. The number of nitrogens with zero attached hydrogens (tertiary/aromatic N) is 2. The van der Waals surface area contributed by atoms with Crippen LogP contribution in [0.1, 0.15) is 43.9 Å². The summed E-state index contributed by atoms with van der Waals surface area (Å²) in [6, 6.07) is 10.1. The fraction of sp³-hybridized carbons (Fsp3) is 0.462. The highest BCUT2D eigenvalue weighted by atomic mass is 19.1. The van der Waals surface area contributed by atoms with Gasteiger partial charge in [0.1, 0.15) is 11.6 Å². The lowest BCUT2D eigenvalue weighted by Crippen LogP contribution is -2.50. The molecular formula is C26H33FN4O3. The average Bonchev–Trinajstić information content (AvgIpc) is 3.40.